The Morgan fingerprint density at radius 2 is 2.13 bits per heavy atom. The highest BCUT2D eigenvalue weighted by molar-refractivity contribution is 6.30. The second-order valence-corrected chi connectivity index (χ2v) is 6.32. The lowest BCUT2D eigenvalue weighted by Gasteiger charge is -2.24. The van der Waals surface area contributed by atoms with Crippen molar-refractivity contribution < 1.29 is 9.32 Å². The fourth-order valence-corrected chi connectivity index (χ4v) is 2.93. The summed E-state index contributed by atoms with van der Waals surface area (Å²) in [4.78, 5) is 20.4. The Kier molecular flexibility index (Phi) is 4.63. The van der Waals surface area contributed by atoms with Gasteiger partial charge in [0.05, 0.1) is 12.6 Å². The second kappa shape index (κ2) is 6.68. The molecule has 1 aliphatic rings. The van der Waals surface area contributed by atoms with Crippen LogP contribution in [0.3, 0.4) is 0 Å². The van der Waals surface area contributed by atoms with E-state index in [-0.39, 0.29) is 11.9 Å². The van der Waals surface area contributed by atoms with Crippen LogP contribution in [0.15, 0.2) is 28.8 Å². The summed E-state index contributed by atoms with van der Waals surface area (Å²) in [6, 6.07) is 7.19. The third-order valence-electron chi connectivity index (χ3n) is 4.00. The number of likely N-dealkylation sites (N-methyl/N-ethyl adjacent to an activating group) is 1. The van der Waals surface area contributed by atoms with Gasteiger partial charge in [0.2, 0.25) is 17.6 Å². The number of halogens is 1. The number of nitrogens with zero attached hydrogens (tertiary/aromatic N) is 4. The number of carbonyl (C=O) groups excluding carboxylic acids is 1. The van der Waals surface area contributed by atoms with Gasteiger partial charge in [0.15, 0.2) is 0 Å². The van der Waals surface area contributed by atoms with Crippen molar-refractivity contribution in [2.24, 2.45) is 0 Å². The van der Waals surface area contributed by atoms with Crippen LogP contribution in [0.2, 0.25) is 5.02 Å². The molecule has 122 valence electrons. The summed E-state index contributed by atoms with van der Waals surface area (Å²) >= 11 is 5.88. The predicted octanol–water partition coefficient (Wildman–Crippen LogP) is 2.44. The van der Waals surface area contributed by atoms with Crippen LogP contribution in [0, 0.1) is 0 Å². The highest BCUT2D eigenvalue weighted by Gasteiger charge is 2.32. The average molecular weight is 335 g/mol. The SMILES string of the molecule is CN(C)C(=O)[C@@H]1CCCN1Cc1nc(-c2ccc(Cl)cc2)no1. The number of aromatic nitrogens is 2. The van der Waals surface area contributed by atoms with Crippen molar-refractivity contribution in [3.8, 4) is 11.4 Å². The molecule has 1 fully saturated rings. The van der Waals surface area contributed by atoms with Gasteiger partial charge in [0, 0.05) is 24.7 Å². The third kappa shape index (κ3) is 3.54. The minimum absolute atomic E-state index is 0.101. The van der Waals surface area contributed by atoms with Gasteiger partial charge < -0.3 is 9.42 Å². The molecule has 1 atom stereocenters. The minimum atomic E-state index is -0.101. The first-order chi connectivity index (χ1) is 11.0. The maximum atomic E-state index is 12.2. The molecule has 0 saturated carbocycles. The van der Waals surface area contributed by atoms with Gasteiger partial charge in [-0.05, 0) is 43.7 Å². The number of benzene rings is 1. The van der Waals surface area contributed by atoms with Crippen LogP contribution in [-0.4, -0.2) is 52.5 Å². The van der Waals surface area contributed by atoms with Crippen LogP contribution < -0.4 is 0 Å². The third-order valence-corrected chi connectivity index (χ3v) is 4.25. The summed E-state index contributed by atoms with van der Waals surface area (Å²) < 4.78 is 5.34. The molecule has 0 aliphatic carbocycles. The van der Waals surface area contributed by atoms with E-state index in [9.17, 15) is 4.79 Å². The maximum Gasteiger partial charge on any atom is 0.241 e. The number of hydrogen-bond donors (Lipinski definition) is 0. The zero-order valence-corrected chi connectivity index (χ0v) is 14.0. The molecule has 0 spiro atoms. The molecule has 1 aliphatic heterocycles. The van der Waals surface area contributed by atoms with Gasteiger partial charge in [-0.1, -0.05) is 16.8 Å². The summed E-state index contributed by atoms with van der Waals surface area (Å²) in [6.07, 6.45) is 1.87. The average Bonchev–Trinajstić information content (AvgIpc) is 3.17. The Morgan fingerprint density at radius 3 is 2.83 bits per heavy atom. The van der Waals surface area contributed by atoms with Crippen LogP contribution in [-0.2, 0) is 11.3 Å². The lowest BCUT2D eigenvalue weighted by Crippen LogP contribution is -2.42. The number of hydrogen-bond acceptors (Lipinski definition) is 5. The smallest absolute Gasteiger partial charge is 0.241 e. The Bertz CT molecular complexity index is 684. The number of amides is 1. The van der Waals surface area contributed by atoms with Gasteiger partial charge in [-0.15, -0.1) is 0 Å². The summed E-state index contributed by atoms with van der Waals surface area (Å²) in [5.41, 5.74) is 0.853. The van der Waals surface area contributed by atoms with Crippen molar-refractivity contribution in [1.82, 2.24) is 19.9 Å². The van der Waals surface area contributed by atoms with E-state index in [2.05, 4.69) is 15.0 Å². The molecule has 1 saturated heterocycles. The zero-order chi connectivity index (χ0) is 16.4. The van der Waals surface area contributed by atoms with E-state index in [1.54, 1.807) is 31.1 Å². The topological polar surface area (TPSA) is 62.5 Å². The van der Waals surface area contributed by atoms with Crippen LogP contribution in [0.4, 0.5) is 0 Å². The van der Waals surface area contributed by atoms with E-state index in [4.69, 9.17) is 16.1 Å². The molecule has 2 aromatic rings. The zero-order valence-electron chi connectivity index (χ0n) is 13.2. The largest absolute Gasteiger partial charge is 0.347 e. The van der Waals surface area contributed by atoms with Crippen molar-refractivity contribution >= 4 is 17.5 Å². The van der Waals surface area contributed by atoms with Gasteiger partial charge >= 0.3 is 0 Å². The summed E-state index contributed by atoms with van der Waals surface area (Å²) in [7, 11) is 3.56. The highest BCUT2D eigenvalue weighted by atomic mass is 35.5. The minimum Gasteiger partial charge on any atom is -0.347 e. The van der Waals surface area contributed by atoms with E-state index < -0.39 is 0 Å². The van der Waals surface area contributed by atoms with E-state index in [1.807, 2.05) is 12.1 Å². The van der Waals surface area contributed by atoms with Crippen molar-refractivity contribution in [3.05, 3.63) is 35.2 Å². The van der Waals surface area contributed by atoms with Crippen LogP contribution in [0.25, 0.3) is 11.4 Å². The summed E-state index contributed by atoms with van der Waals surface area (Å²) in [5, 5.41) is 4.68. The Hall–Kier alpha value is -1.92. The van der Waals surface area contributed by atoms with Crippen LogP contribution in [0.5, 0.6) is 0 Å². The predicted molar refractivity (Wildman–Crippen MR) is 86.9 cm³/mol. The number of rotatable bonds is 4. The van der Waals surface area contributed by atoms with Crippen molar-refractivity contribution in [2.75, 3.05) is 20.6 Å². The van der Waals surface area contributed by atoms with Crippen molar-refractivity contribution in [1.29, 1.82) is 0 Å². The maximum absolute atomic E-state index is 12.2. The lowest BCUT2D eigenvalue weighted by molar-refractivity contribution is -0.133. The first kappa shape index (κ1) is 16.0. The van der Waals surface area contributed by atoms with Gasteiger partial charge in [0.25, 0.3) is 0 Å². The molecule has 0 N–H and O–H groups in total. The molecule has 1 aromatic carbocycles. The second-order valence-electron chi connectivity index (χ2n) is 5.88. The lowest BCUT2D eigenvalue weighted by atomic mass is 10.2. The molecule has 0 radical (unpaired) electrons. The summed E-state index contributed by atoms with van der Waals surface area (Å²) in [6.45, 7) is 1.35. The first-order valence-corrected chi connectivity index (χ1v) is 7.96. The Morgan fingerprint density at radius 1 is 1.39 bits per heavy atom. The Labute approximate surface area is 140 Å². The van der Waals surface area contributed by atoms with Crippen molar-refractivity contribution in [2.45, 2.75) is 25.4 Å². The van der Waals surface area contributed by atoms with Gasteiger partial charge in [-0.2, -0.15) is 4.98 Å². The number of carbonyl (C=O) groups is 1. The van der Waals surface area contributed by atoms with Crippen LogP contribution in [0.1, 0.15) is 18.7 Å². The molecule has 0 unspecified atom stereocenters. The molecule has 1 amide bonds. The van der Waals surface area contributed by atoms with E-state index in [1.165, 1.54) is 0 Å². The van der Waals surface area contributed by atoms with E-state index in [0.29, 0.717) is 23.3 Å². The number of likely N-dealkylation sites (tertiary alicyclic amines) is 1. The van der Waals surface area contributed by atoms with E-state index >= 15 is 0 Å². The molecule has 6 nitrogen and oxygen atoms in total. The fraction of sp³-hybridized carbons (Fsp3) is 0.438. The normalized spacial score (nSPS) is 18.3. The monoisotopic (exact) mass is 334 g/mol. The van der Waals surface area contributed by atoms with Crippen molar-refractivity contribution in [3.63, 3.8) is 0 Å². The molecule has 7 heteroatoms. The molecule has 23 heavy (non-hydrogen) atoms. The molecule has 1 aromatic heterocycles. The van der Waals surface area contributed by atoms with Crippen LogP contribution >= 0.6 is 11.6 Å². The molecular formula is C16H19ClN4O2. The summed E-state index contributed by atoms with van der Waals surface area (Å²) in [5.74, 6) is 1.18. The molecule has 0 bridgehead atoms. The molecular weight excluding hydrogens is 316 g/mol. The van der Waals surface area contributed by atoms with Gasteiger partial charge in [0.1, 0.15) is 0 Å². The van der Waals surface area contributed by atoms with Gasteiger partial charge in [-0.3, -0.25) is 9.69 Å². The first-order valence-electron chi connectivity index (χ1n) is 7.58. The molecule has 3 rings (SSSR count). The Balaban J connectivity index is 1.71. The van der Waals surface area contributed by atoms with Gasteiger partial charge in [-0.25, -0.2) is 0 Å². The highest BCUT2D eigenvalue weighted by Crippen LogP contribution is 2.23. The standard InChI is InChI=1S/C16H19ClN4O2/c1-20(2)16(22)13-4-3-9-21(13)10-14-18-15(19-23-14)11-5-7-12(17)8-6-11/h5-8,13H,3-4,9-10H2,1-2H3/t13-/m0/s1. The quantitative estimate of drug-likeness (QED) is 0.859. The fourth-order valence-electron chi connectivity index (χ4n) is 2.80. The van der Waals surface area contributed by atoms with E-state index in [0.717, 1.165) is 24.9 Å². The molecule has 2 heterocycles.